The number of carbonyl (C=O) groups is 4. The Morgan fingerprint density at radius 3 is 2.29 bits per heavy atom. The molecule has 3 aromatic rings. The Balaban J connectivity index is 0.000000503. The fraction of sp³-hybridized carbons (Fsp3) is 0.459. The largest absolute Gasteiger partial charge is 0.478 e. The van der Waals surface area contributed by atoms with Crippen molar-refractivity contribution in [3.8, 4) is 17.1 Å². The Bertz CT molecular complexity index is 1960. The number of hydrogen-bond donors (Lipinski definition) is 3. The number of carboxylic acid groups (broad SMARTS) is 2. The van der Waals surface area contributed by atoms with Crippen LogP contribution in [0.1, 0.15) is 74.6 Å². The number of likely N-dealkylation sites (tertiary alicyclic amines) is 2. The van der Waals surface area contributed by atoms with Gasteiger partial charge in [-0.25, -0.2) is 24.2 Å². The predicted octanol–water partition coefficient (Wildman–Crippen LogP) is 3.80. The van der Waals surface area contributed by atoms with Crippen LogP contribution in [0, 0.1) is 0 Å². The van der Waals surface area contributed by atoms with Crippen LogP contribution in [-0.2, 0) is 44.3 Å². The number of aliphatic carboxylic acids is 2. The number of cyclic esters (lactones) is 1. The molecule has 4 aliphatic heterocycles. The molecule has 3 N–H and O–H groups in total. The first-order valence-corrected chi connectivity index (χ1v) is 17.4. The zero-order chi connectivity index (χ0) is 36.4. The lowest BCUT2D eigenvalue weighted by Crippen LogP contribution is -2.48. The lowest BCUT2D eigenvalue weighted by atomic mass is 9.86. The number of ether oxygens (including phenoxy) is 2. The molecular weight excluding hydrogens is 660 g/mol. The van der Waals surface area contributed by atoms with Crippen LogP contribution in [0.15, 0.2) is 41.2 Å². The summed E-state index contributed by atoms with van der Waals surface area (Å²) in [5.41, 5.74) is 2.38. The van der Waals surface area contributed by atoms with Gasteiger partial charge in [0.25, 0.3) is 5.56 Å². The van der Waals surface area contributed by atoms with Gasteiger partial charge >= 0.3 is 24.0 Å². The van der Waals surface area contributed by atoms with Crippen molar-refractivity contribution in [3.63, 3.8) is 0 Å². The quantitative estimate of drug-likeness (QED) is 0.195. The van der Waals surface area contributed by atoms with Crippen molar-refractivity contribution in [3.05, 3.63) is 69.0 Å². The summed E-state index contributed by atoms with van der Waals surface area (Å²) in [5, 5.41) is 27.7. The number of rotatable bonds is 6. The van der Waals surface area contributed by atoms with Crippen molar-refractivity contribution in [1.82, 2.24) is 19.4 Å². The monoisotopic (exact) mass is 702 g/mol. The van der Waals surface area contributed by atoms with Crippen LogP contribution < -0.4 is 10.3 Å². The topological polar surface area (TPSA) is 189 Å². The van der Waals surface area contributed by atoms with E-state index >= 15 is 0 Å². The highest BCUT2D eigenvalue weighted by Crippen LogP contribution is 2.41. The molecule has 0 unspecified atom stereocenters. The lowest BCUT2D eigenvalue weighted by Gasteiger charge is -2.39. The average Bonchev–Trinajstić information content (AvgIpc) is 3.50. The molecule has 1 atom stereocenters. The Hall–Kier alpha value is -5.08. The second kappa shape index (κ2) is 14.6. The van der Waals surface area contributed by atoms with Crippen molar-refractivity contribution in [1.29, 1.82) is 0 Å². The second-order valence-corrected chi connectivity index (χ2v) is 13.2. The van der Waals surface area contributed by atoms with Gasteiger partial charge in [-0.1, -0.05) is 20.3 Å². The van der Waals surface area contributed by atoms with Gasteiger partial charge in [-0.3, -0.25) is 4.79 Å². The summed E-state index contributed by atoms with van der Waals surface area (Å²) in [7, 11) is 0. The summed E-state index contributed by atoms with van der Waals surface area (Å²) < 4.78 is 12.7. The predicted molar refractivity (Wildman–Crippen MR) is 184 cm³/mol. The Morgan fingerprint density at radius 1 is 0.980 bits per heavy atom. The highest BCUT2D eigenvalue weighted by atomic mass is 16.6. The van der Waals surface area contributed by atoms with Gasteiger partial charge in [0.15, 0.2) is 5.60 Å². The first-order valence-electron chi connectivity index (χ1n) is 17.4. The normalized spacial score (nSPS) is 20.2. The molecule has 2 aromatic heterocycles. The number of nitrogens with zero attached hydrogens (tertiary/aromatic N) is 4. The van der Waals surface area contributed by atoms with Crippen molar-refractivity contribution >= 4 is 34.9 Å². The SMILES string of the molecule is CCc1c2c(nc3ccc(OC(=O)N4CCC(N5CCCCC5)CC4)cc13)-c1cc3c(c(=O)n1C2)COC(=O)[C@]3(O)CC.O=C(O)/C=C\C(=O)O. The molecule has 1 amide bonds. The third-order valence-electron chi connectivity index (χ3n) is 10.3. The summed E-state index contributed by atoms with van der Waals surface area (Å²) >= 11 is 0. The molecule has 0 bridgehead atoms. The number of esters is 1. The minimum atomic E-state index is -1.86. The number of aryl methyl sites for hydroxylation is 1. The summed E-state index contributed by atoms with van der Waals surface area (Å²) in [5.74, 6) is -2.78. The average molecular weight is 703 g/mol. The molecule has 14 heteroatoms. The molecule has 51 heavy (non-hydrogen) atoms. The number of aromatic nitrogens is 2. The molecule has 4 aliphatic rings. The van der Waals surface area contributed by atoms with E-state index in [0.29, 0.717) is 72.5 Å². The van der Waals surface area contributed by atoms with Gasteiger partial charge in [0.2, 0.25) is 0 Å². The van der Waals surface area contributed by atoms with Gasteiger partial charge in [0.1, 0.15) is 12.4 Å². The van der Waals surface area contributed by atoms with E-state index in [2.05, 4.69) is 11.8 Å². The molecule has 1 aromatic carbocycles. The van der Waals surface area contributed by atoms with E-state index in [4.69, 9.17) is 24.7 Å². The van der Waals surface area contributed by atoms with Crippen LogP contribution in [0.25, 0.3) is 22.3 Å². The highest BCUT2D eigenvalue weighted by Gasteiger charge is 2.45. The zero-order valence-corrected chi connectivity index (χ0v) is 28.7. The van der Waals surface area contributed by atoms with Crippen LogP contribution in [0.2, 0.25) is 0 Å². The fourth-order valence-electron chi connectivity index (χ4n) is 7.61. The number of benzene rings is 1. The van der Waals surface area contributed by atoms with Crippen LogP contribution in [-0.4, -0.2) is 90.9 Å². The first kappa shape index (κ1) is 35.7. The number of aliphatic hydroxyl groups is 1. The van der Waals surface area contributed by atoms with E-state index in [-0.39, 0.29) is 24.7 Å². The number of fused-ring (bicyclic) bond motifs is 5. The lowest BCUT2D eigenvalue weighted by molar-refractivity contribution is -0.172. The molecule has 0 aliphatic carbocycles. The van der Waals surface area contributed by atoms with Crippen molar-refractivity contribution in [2.75, 3.05) is 26.2 Å². The number of carboxylic acids is 2. The fourth-order valence-corrected chi connectivity index (χ4v) is 7.61. The van der Waals surface area contributed by atoms with Gasteiger partial charge in [0.05, 0.1) is 29.0 Å². The van der Waals surface area contributed by atoms with E-state index in [1.165, 1.54) is 32.4 Å². The minimum absolute atomic E-state index is 0.0951. The molecule has 2 saturated heterocycles. The second-order valence-electron chi connectivity index (χ2n) is 13.2. The molecule has 6 heterocycles. The van der Waals surface area contributed by atoms with E-state index in [1.807, 2.05) is 17.0 Å². The van der Waals surface area contributed by atoms with Crippen LogP contribution in [0.4, 0.5) is 4.79 Å². The van der Waals surface area contributed by atoms with E-state index < -0.39 is 23.5 Å². The van der Waals surface area contributed by atoms with Crippen molar-refractivity contribution in [2.45, 2.75) is 83.6 Å². The third-order valence-corrected chi connectivity index (χ3v) is 10.3. The third kappa shape index (κ3) is 6.97. The maximum absolute atomic E-state index is 13.6. The molecule has 0 spiro atoms. The molecule has 270 valence electrons. The molecule has 0 radical (unpaired) electrons. The van der Waals surface area contributed by atoms with E-state index in [1.54, 1.807) is 23.6 Å². The number of pyridine rings is 2. The maximum Gasteiger partial charge on any atom is 0.415 e. The van der Waals surface area contributed by atoms with Crippen LogP contribution in [0.3, 0.4) is 0 Å². The Morgan fingerprint density at radius 2 is 1.67 bits per heavy atom. The summed E-state index contributed by atoms with van der Waals surface area (Å²) in [6.07, 6.45) is 7.38. The van der Waals surface area contributed by atoms with Gasteiger partial charge in [0, 0.05) is 47.8 Å². The standard InChI is InChI=1S/C33H38N4O6.C4H4O4/c1-3-22-23-16-21(43-32(40)36-14-10-20(11-15-36)35-12-6-5-7-13-35)8-9-27(23)34-29-24(22)18-37-28(29)17-26-25(30(37)38)19-42-31(39)33(26,41)4-2;5-3(6)1-2-4(7)8/h8-9,16-17,20,41H,3-7,10-15,18-19H2,1-2H3;1-2H,(H,5,6)(H,7,8)/b;2-1-/t33-;/m0./s1. The maximum atomic E-state index is 13.6. The molecule has 2 fully saturated rings. The molecule has 14 nitrogen and oxygen atoms in total. The number of piperidine rings is 2. The smallest absolute Gasteiger partial charge is 0.415 e. The summed E-state index contributed by atoms with van der Waals surface area (Å²) in [4.78, 5) is 67.6. The molecular formula is C37H42N4O10. The van der Waals surface area contributed by atoms with E-state index in [9.17, 15) is 29.1 Å². The number of amides is 1. The summed E-state index contributed by atoms with van der Waals surface area (Å²) in [6, 6.07) is 7.77. The number of carbonyl (C=O) groups excluding carboxylic acids is 2. The zero-order valence-electron chi connectivity index (χ0n) is 28.7. The van der Waals surface area contributed by atoms with Gasteiger partial charge < -0.3 is 39.2 Å². The Kier molecular flexibility index (Phi) is 10.3. The van der Waals surface area contributed by atoms with Gasteiger partial charge in [-0.15, -0.1) is 0 Å². The van der Waals surface area contributed by atoms with Crippen LogP contribution in [0.5, 0.6) is 5.75 Å². The minimum Gasteiger partial charge on any atom is -0.478 e. The first-order chi connectivity index (χ1) is 24.4. The number of hydrogen-bond acceptors (Lipinski definition) is 10. The van der Waals surface area contributed by atoms with Crippen molar-refractivity contribution in [2.24, 2.45) is 0 Å². The molecule has 7 rings (SSSR count). The van der Waals surface area contributed by atoms with Crippen molar-refractivity contribution < 1.29 is 44.0 Å². The van der Waals surface area contributed by atoms with E-state index in [0.717, 1.165) is 34.9 Å². The summed E-state index contributed by atoms with van der Waals surface area (Å²) in [6.45, 7) is 7.65. The van der Waals surface area contributed by atoms with Gasteiger partial charge in [-0.05, 0) is 81.4 Å². The van der Waals surface area contributed by atoms with Gasteiger partial charge in [-0.2, -0.15) is 0 Å². The highest BCUT2D eigenvalue weighted by molar-refractivity contribution is 5.91. The Labute approximate surface area is 293 Å². The molecule has 0 saturated carbocycles. The van der Waals surface area contributed by atoms with Crippen LogP contribution >= 0.6 is 0 Å².